The first kappa shape index (κ1) is 16.2. The highest BCUT2D eigenvalue weighted by Crippen LogP contribution is 2.19. The van der Waals surface area contributed by atoms with Crippen molar-refractivity contribution in [2.24, 2.45) is 5.73 Å². The third-order valence-electron chi connectivity index (χ3n) is 2.61. The number of nitrogens with two attached hydrogens (primary N) is 1. The number of aliphatic carboxylic acids is 1. The molecule has 0 aromatic carbocycles. The van der Waals surface area contributed by atoms with Crippen molar-refractivity contribution in [1.29, 1.82) is 0 Å². The van der Waals surface area contributed by atoms with E-state index in [1.165, 1.54) is 0 Å². The van der Waals surface area contributed by atoms with Gasteiger partial charge in [0, 0.05) is 16.7 Å². The van der Waals surface area contributed by atoms with E-state index >= 15 is 0 Å². The van der Waals surface area contributed by atoms with Crippen LogP contribution in [0.15, 0.2) is 16.7 Å². The molecule has 1 rings (SSSR count). The molecule has 1 unspecified atom stereocenters. The van der Waals surface area contributed by atoms with Crippen molar-refractivity contribution in [3.8, 4) is 0 Å². The van der Waals surface area contributed by atoms with Gasteiger partial charge in [-0.3, -0.25) is 9.59 Å². The average Bonchev–Trinajstić information content (AvgIpc) is 2.69. The summed E-state index contributed by atoms with van der Waals surface area (Å²) in [6.07, 6.45) is 1.27. The molecule has 2 amide bonds. The van der Waals surface area contributed by atoms with Crippen molar-refractivity contribution in [2.45, 2.75) is 32.4 Å². The fourth-order valence-electron chi connectivity index (χ4n) is 1.69. The van der Waals surface area contributed by atoms with Gasteiger partial charge in [-0.25, -0.2) is 4.79 Å². The summed E-state index contributed by atoms with van der Waals surface area (Å²) < 4.78 is 2.40. The second-order valence-corrected chi connectivity index (χ2v) is 5.49. The zero-order valence-electron chi connectivity index (χ0n) is 11.1. The summed E-state index contributed by atoms with van der Waals surface area (Å²) in [4.78, 5) is 33.9. The Labute approximate surface area is 124 Å². The first-order chi connectivity index (χ1) is 9.22. The van der Waals surface area contributed by atoms with Crippen LogP contribution in [0.5, 0.6) is 0 Å². The molecule has 0 bridgehead atoms. The van der Waals surface area contributed by atoms with E-state index in [1.807, 2.05) is 13.8 Å². The quantitative estimate of drug-likeness (QED) is 0.710. The van der Waals surface area contributed by atoms with Crippen LogP contribution in [-0.4, -0.2) is 33.5 Å². The molecule has 7 nitrogen and oxygen atoms in total. The van der Waals surface area contributed by atoms with Gasteiger partial charge in [-0.1, -0.05) is 0 Å². The maximum atomic E-state index is 12.1. The number of carbonyl (C=O) groups is 3. The normalized spacial score (nSPS) is 12.2. The molecular weight excluding hydrogens is 330 g/mol. The third kappa shape index (κ3) is 4.09. The van der Waals surface area contributed by atoms with Gasteiger partial charge < -0.3 is 20.7 Å². The number of nitrogens with one attached hydrogen (secondary N) is 1. The minimum atomic E-state index is -1.34. The summed E-state index contributed by atoms with van der Waals surface area (Å²) in [5, 5.41) is 11.3. The van der Waals surface area contributed by atoms with Crippen molar-refractivity contribution in [2.75, 3.05) is 0 Å². The lowest BCUT2D eigenvalue weighted by Crippen LogP contribution is -2.43. The molecule has 20 heavy (non-hydrogen) atoms. The fourth-order valence-corrected chi connectivity index (χ4v) is 2.13. The van der Waals surface area contributed by atoms with Gasteiger partial charge in [0.2, 0.25) is 5.91 Å². The number of carboxylic acid groups (broad SMARTS) is 1. The van der Waals surface area contributed by atoms with Crippen LogP contribution >= 0.6 is 15.9 Å². The van der Waals surface area contributed by atoms with Crippen LogP contribution in [0, 0.1) is 0 Å². The first-order valence-electron chi connectivity index (χ1n) is 5.91. The van der Waals surface area contributed by atoms with Crippen molar-refractivity contribution in [1.82, 2.24) is 9.88 Å². The van der Waals surface area contributed by atoms with Crippen LogP contribution in [0.4, 0.5) is 0 Å². The molecular formula is C12H16BrN3O4. The van der Waals surface area contributed by atoms with Crippen LogP contribution in [0.1, 0.15) is 36.8 Å². The van der Waals surface area contributed by atoms with Gasteiger partial charge in [-0.05, 0) is 35.8 Å². The number of carboxylic acids is 1. The standard InChI is InChI=1S/C12H16BrN3O4/c1-6(2)16-5-7(13)3-9(16)11(18)15-8(12(19)20)4-10(14)17/h3,5-6,8H,4H2,1-2H3,(H2,14,17)(H,15,18)(H,19,20). The molecule has 0 aliphatic carbocycles. The molecule has 0 aliphatic rings. The topological polar surface area (TPSA) is 114 Å². The summed E-state index contributed by atoms with van der Waals surface area (Å²) in [7, 11) is 0. The summed E-state index contributed by atoms with van der Waals surface area (Å²) in [6, 6.07) is 0.272. The number of amides is 2. The zero-order chi connectivity index (χ0) is 15.4. The van der Waals surface area contributed by atoms with E-state index in [0.29, 0.717) is 10.2 Å². The fraction of sp³-hybridized carbons (Fsp3) is 0.417. The summed E-state index contributed by atoms with van der Waals surface area (Å²) >= 11 is 3.26. The number of halogens is 1. The number of hydrogen-bond donors (Lipinski definition) is 3. The molecule has 0 saturated heterocycles. The lowest BCUT2D eigenvalue weighted by molar-refractivity contribution is -0.140. The molecule has 0 aliphatic heterocycles. The molecule has 4 N–H and O–H groups in total. The Bertz CT molecular complexity index is 539. The van der Waals surface area contributed by atoms with Crippen LogP contribution < -0.4 is 11.1 Å². The van der Waals surface area contributed by atoms with E-state index in [-0.39, 0.29) is 6.04 Å². The molecule has 1 aromatic heterocycles. The lowest BCUT2D eigenvalue weighted by Gasteiger charge is -2.16. The second-order valence-electron chi connectivity index (χ2n) is 4.58. The number of primary amides is 1. The van der Waals surface area contributed by atoms with Gasteiger partial charge in [0.1, 0.15) is 11.7 Å². The molecule has 110 valence electrons. The Hall–Kier alpha value is -1.83. The number of carbonyl (C=O) groups excluding carboxylic acids is 2. The zero-order valence-corrected chi connectivity index (χ0v) is 12.7. The maximum Gasteiger partial charge on any atom is 0.326 e. The van der Waals surface area contributed by atoms with E-state index in [4.69, 9.17) is 10.8 Å². The maximum absolute atomic E-state index is 12.1. The van der Waals surface area contributed by atoms with Crippen molar-refractivity contribution < 1.29 is 19.5 Å². The number of hydrogen-bond acceptors (Lipinski definition) is 3. The van der Waals surface area contributed by atoms with E-state index in [0.717, 1.165) is 0 Å². The first-order valence-corrected chi connectivity index (χ1v) is 6.71. The van der Waals surface area contributed by atoms with Gasteiger partial charge in [0.25, 0.3) is 5.91 Å². The number of aromatic nitrogens is 1. The van der Waals surface area contributed by atoms with Gasteiger partial charge >= 0.3 is 5.97 Å². The highest BCUT2D eigenvalue weighted by molar-refractivity contribution is 9.10. The van der Waals surface area contributed by atoms with E-state index in [9.17, 15) is 14.4 Å². The molecule has 0 fully saturated rings. The third-order valence-corrected chi connectivity index (χ3v) is 3.05. The average molecular weight is 346 g/mol. The van der Waals surface area contributed by atoms with E-state index < -0.39 is 30.2 Å². The molecule has 1 heterocycles. The molecule has 0 radical (unpaired) electrons. The SMILES string of the molecule is CC(C)n1cc(Br)cc1C(=O)NC(CC(N)=O)C(=O)O. The van der Waals surface area contributed by atoms with E-state index in [1.54, 1.807) is 16.8 Å². The Morgan fingerprint density at radius 1 is 1.45 bits per heavy atom. The van der Waals surface area contributed by atoms with E-state index in [2.05, 4.69) is 21.2 Å². The minimum Gasteiger partial charge on any atom is -0.480 e. The van der Waals surface area contributed by atoms with Gasteiger partial charge in [-0.15, -0.1) is 0 Å². The number of rotatable bonds is 6. The summed E-state index contributed by atoms with van der Waals surface area (Å²) in [5.41, 5.74) is 5.27. The molecule has 1 atom stereocenters. The largest absolute Gasteiger partial charge is 0.480 e. The Morgan fingerprint density at radius 2 is 2.05 bits per heavy atom. The molecule has 1 aromatic rings. The lowest BCUT2D eigenvalue weighted by atomic mass is 10.2. The molecule has 0 saturated carbocycles. The minimum absolute atomic E-state index is 0.0291. The predicted octanol–water partition coefficient (Wildman–Crippen LogP) is 0.890. The van der Waals surface area contributed by atoms with Crippen LogP contribution in [0.2, 0.25) is 0 Å². The van der Waals surface area contributed by atoms with Crippen molar-refractivity contribution in [3.63, 3.8) is 0 Å². The van der Waals surface area contributed by atoms with Crippen molar-refractivity contribution in [3.05, 3.63) is 22.4 Å². The smallest absolute Gasteiger partial charge is 0.326 e. The Kier molecular flexibility index (Phi) is 5.32. The van der Waals surface area contributed by atoms with Crippen LogP contribution in [-0.2, 0) is 9.59 Å². The van der Waals surface area contributed by atoms with Gasteiger partial charge in [0.05, 0.1) is 6.42 Å². The molecule has 0 spiro atoms. The highest BCUT2D eigenvalue weighted by Gasteiger charge is 2.24. The Morgan fingerprint density at radius 3 is 2.50 bits per heavy atom. The highest BCUT2D eigenvalue weighted by atomic mass is 79.9. The number of nitrogens with zero attached hydrogens (tertiary/aromatic N) is 1. The monoisotopic (exact) mass is 345 g/mol. The predicted molar refractivity (Wildman–Crippen MR) is 75.2 cm³/mol. The van der Waals surface area contributed by atoms with Crippen molar-refractivity contribution >= 4 is 33.7 Å². The molecule has 8 heteroatoms. The van der Waals surface area contributed by atoms with Crippen LogP contribution in [0.25, 0.3) is 0 Å². The van der Waals surface area contributed by atoms with Gasteiger partial charge in [0.15, 0.2) is 0 Å². The van der Waals surface area contributed by atoms with Crippen LogP contribution in [0.3, 0.4) is 0 Å². The Balaban J connectivity index is 2.94. The summed E-state index contributed by atoms with van der Waals surface area (Å²) in [5.74, 6) is -2.67. The van der Waals surface area contributed by atoms with Gasteiger partial charge in [-0.2, -0.15) is 0 Å². The summed E-state index contributed by atoms with van der Waals surface area (Å²) in [6.45, 7) is 3.78. The second kappa shape index (κ2) is 6.56.